The van der Waals surface area contributed by atoms with Crippen molar-refractivity contribution in [3.63, 3.8) is 0 Å². The fourth-order valence-electron chi connectivity index (χ4n) is 4.36. The van der Waals surface area contributed by atoms with Crippen LogP contribution in [0.15, 0.2) is 65.6 Å². The van der Waals surface area contributed by atoms with Gasteiger partial charge in [-0.25, -0.2) is 4.39 Å². The molecule has 4 nitrogen and oxygen atoms in total. The van der Waals surface area contributed by atoms with E-state index in [9.17, 15) is 14.0 Å². The summed E-state index contributed by atoms with van der Waals surface area (Å²) in [5.41, 5.74) is 2.09. The van der Waals surface area contributed by atoms with E-state index in [4.69, 9.17) is 0 Å². The first kappa shape index (κ1) is 20.8. The SMILES string of the molecule is O=C1S/C(=C/c2ccc(N3CCCCC3)cc2F)C(=O)N1Cc1cccc2ccccc12. The van der Waals surface area contributed by atoms with Gasteiger partial charge in [-0.1, -0.05) is 42.5 Å². The molecule has 0 saturated carbocycles. The maximum Gasteiger partial charge on any atom is 0.293 e. The Morgan fingerprint density at radius 2 is 1.72 bits per heavy atom. The van der Waals surface area contributed by atoms with Gasteiger partial charge < -0.3 is 4.90 Å². The van der Waals surface area contributed by atoms with E-state index in [0.717, 1.165) is 59.7 Å². The molecule has 3 aromatic carbocycles. The third-order valence-electron chi connectivity index (χ3n) is 6.07. The first-order valence-corrected chi connectivity index (χ1v) is 11.7. The van der Waals surface area contributed by atoms with Crippen LogP contribution in [0.1, 0.15) is 30.4 Å². The van der Waals surface area contributed by atoms with Crippen LogP contribution in [0.2, 0.25) is 0 Å². The summed E-state index contributed by atoms with van der Waals surface area (Å²) in [6.07, 6.45) is 4.94. The average molecular weight is 447 g/mol. The highest BCUT2D eigenvalue weighted by Crippen LogP contribution is 2.35. The summed E-state index contributed by atoms with van der Waals surface area (Å²) in [5.74, 6) is -0.763. The molecule has 3 aromatic rings. The van der Waals surface area contributed by atoms with Crippen LogP contribution in [0.4, 0.5) is 14.9 Å². The van der Waals surface area contributed by atoms with E-state index >= 15 is 0 Å². The van der Waals surface area contributed by atoms with Crippen molar-refractivity contribution in [1.82, 2.24) is 4.90 Å². The second-order valence-electron chi connectivity index (χ2n) is 8.16. The number of anilines is 1. The zero-order valence-electron chi connectivity index (χ0n) is 17.6. The molecule has 0 spiro atoms. The normalized spacial score (nSPS) is 18.2. The molecule has 0 unspecified atom stereocenters. The number of hydrogen-bond acceptors (Lipinski definition) is 4. The van der Waals surface area contributed by atoms with Gasteiger partial charge in [-0.2, -0.15) is 0 Å². The number of imide groups is 1. The van der Waals surface area contributed by atoms with Crippen LogP contribution in [-0.4, -0.2) is 29.1 Å². The predicted molar refractivity (Wildman–Crippen MR) is 128 cm³/mol. The Morgan fingerprint density at radius 3 is 2.53 bits per heavy atom. The summed E-state index contributed by atoms with van der Waals surface area (Å²) in [6, 6.07) is 18.8. The Bertz CT molecular complexity index is 1230. The highest BCUT2D eigenvalue weighted by Gasteiger charge is 2.35. The minimum absolute atomic E-state index is 0.194. The Hall–Kier alpha value is -3.12. The lowest BCUT2D eigenvalue weighted by molar-refractivity contribution is -0.123. The number of carbonyl (C=O) groups excluding carboxylic acids is 2. The van der Waals surface area contributed by atoms with E-state index in [-0.39, 0.29) is 28.4 Å². The van der Waals surface area contributed by atoms with Crippen molar-refractivity contribution in [2.24, 2.45) is 0 Å². The second-order valence-corrected chi connectivity index (χ2v) is 9.15. The minimum Gasteiger partial charge on any atom is -0.371 e. The van der Waals surface area contributed by atoms with Crippen LogP contribution in [0, 0.1) is 5.82 Å². The molecule has 5 rings (SSSR count). The maximum absolute atomic E-state index is 14.8. The van der Waals surface area contributed by atoms with Crippen molar-refractivity contribution in [1.29, 1.82) is 0 Å². The van der Waals surface area contributed by atoms with E-state index in [1.807, 2.05) is 48.5 Å². The molecule has 2 fully saturated rings. The van der Waals surface area contributed by atoms with Crippen molar-refractivity contribution in [2.75, 3.05) is 18.0 Å². The number of rotatable bonds is 4. The number of fused-ring (bicyclic) bond motifs is 1. The Labute approximate surface area is 190 Å². The zero-order chi connectivity index (χ0) is 22.1. The molecule has 162 valence electrons. The number of halogens is 1. The number of amides is 2. The first-order valence-electron chi connectivity index (χ1n) is 10.9. The molecular formula is C26H23FN2O2S. The van der Waals surface area contributed by atoms with Gasteiger partial charge in [0.15, 0.2) is 0 Å². The van der Waals surface area contributed by atoms with Crippen LogP contribution >= 0.6 is 11.8 Å². The second kappa shape index (κ2) is 8.79. The summed E-state index contributed by atoms with van der Waals surface area (Å²) < 4.78 is 14.8. The quantitative estimate of drug-likeness (QED) is 0.447. The molecule has 6 heteroatoms. The van der Waals surface area contributed by atoms with E-state index < -0.39 is 0 Å². The first-order chi connectivity index (χ1) is 15.6. The van der Waals surface area contributed by atoms with Gasteiger partial charge in [-0.15, -0.1) is 0 Å². The van der Waals surface area contributed by atoms with E-state index in [1.54, 1.807) is 6.07 Å². The number of hydrogen-bond donors (Lipinski definition) is 0. The molecule has 2 aliphatic rings. The highest BCUT2D eigenvalue weighted by atomic mass is 32.2. The summed E-state index contributed by atoms with van der Waals surface area (Å²) in [7, 11) is 0. The number of nitrogens with zero attached hydrogens (tertiary/aromatic N) is 2. The van der Waals surface area contributed by atoms with Crippen LogP contribution in [0.3, 0.4) is 0 Å². The Kier molecular flexibility index (Phi) is 5.70. The number of piperidine rings is 1. The number of thioether (sulfide) groups is 1. The maximum atomic E-state index is 14.8. The summed E-state index contributed by atoms with van der Waals surface area (Å²) in [6.45, 7) is 2.07. The van der Waals surface area contributed by atoms with E-state index in [1.165, 1.54) is 23.5 Å². The third kappa shape index (κ3) is 4.02. The van der Waals surface area contributed by atoms with Crippen molar-refractivity contribution >= 4 is 45.4 Å². The molecule has 2 heterocycles. The van der Waals surface area contributed by atoms with Crippen molar-refractivity contribution in [3.8, 4) is 0 Å². The number of benzene rings is 3. The summed E-state index contributed by atoms with van der Waals surface area (Å²) >= 11 is 0.864. The largest absolute Gasteiger partial charge is 0.371 e. The van der Waals surface area contributed by atoms with Gasteiger partial charge in [0, 0.05) is 24.3 Å². The molecule has 0 atom stereocenters. The molecule has 0 N–H and O–H groups in total. The summed E-state index contributed by atoms with van der Waals surface area (Å²) in [4.78, 5) is 29.2. The molecule has 0 aromatic heterocycles. The monoisotopic (exact) mass is 446 g/mol. The fraction of sp³-hybridized carbons (Fsp3) is 0.231. The van der Waals surface area contributed by atoms with Crippen molar-refractivity contribution < 1.29 is 14.0 Å². The van der Waals surface area contributed by atoms with Crippen molar-refractivity contribution in [2.45, 2.75) is 25.8 Å². The standard InChI is InChI=1S/C26H23FN2O2S/c27-23-16-21(28-13-4-1-5-14-28)12-11-19(23)15-24-25(30)29(26(31)32-24)17-20-9-6-8-18-7-2-3-10-22(18)20/h2-3,6-12,15-16H,1,4-5,13-14,17H2/b24-15+. The highest BCUT2D eigenvalue weighted by molar-refractivity contribution is 8.18. The lowest BCUT2D eigenvalue weighted by atomic mass is 10.0. The topological polar surface area (TPSA) is 40.6 Å². The zero-order valence-corrected chi connectivity index (χ0v) is 18.4. The van der Waals surface area contributed by atoms with Crippen LogP contribution < -0.4 is 4.90 Å². The smallest absolute Gasteiger partial charge is 0.293 e. The van der Waals surface area contributed by atoms with Crippen LogP contribution in [-0.2, 0) is 11.3 Å². The van der Waals surface area contributed by atoms with Gasteiger partial charge in [0.05, 0.1) is 11.4 Å². The van der Waals surface area contributed by atoms with Crippen LogP contribution in [0.5, 0.6) is 0 Å². The molecule has 2 aliphatic heterocycles. The summed E-state index contributed by atoms with van der Waals surface area (Å²) in [5, 5.41) is 1.74. The fourth-order valence-corrected chi connectivity index (χ4v) is 5.19. The predicted octanol–water partition coefficient (Wildman–Crippen LogP) is 6.21. The van der Waals surface area contributed by atoms with Gasteiger partial charge in [0.2, 0.25) is 0 Å². The van der Waals surface area contributed by atoms with Gasteiger partial charge >= 0.3 is 0 Å². The molecule has 2 saturated heterocycles. The average Bonchev–Trinajstić information content (AvgIpc) is 3.08. The van der Waals surface area contributed by atoms with E-state index in [0.29, 0.717) is 5.56 Å². The molecule has 0 bridgehead atoms. The van der Waals surface area contributed by atoms with Gasteiger partial charge in [-0.05, 0) is 71.6 Å². The third-order valence-corrected chi connectivity index (χ3v) is 6.98. The Morgan fingerprint density at radius 1 is 0.938 bits per heavy atom. The molecule has 32 heavy (non-hydrogen) atoms. The minimum atomic E-state index is -0.382. The van der Waals surface area contributed by atoms with Gasteiger partial charge in [0.1, 0.15) is 5.82 Å². The van der Waals surface area contributed by atoms with E-state index in [2.05, 4.69) is 4.90 Å². The molecule has 0 aliphatic carbocycles. The Balaban J connectivity index is 1.37. The van der Waals surface area contributed by atoms with Crippen LogP contribution in [0.25, 0.3) is 16.8 Å². The van der Waals surface area contributed by atoms with Crippen molar-refractivity contribution in [3.05, 3.63) is 82.5 Å². The molecule has 2 amide bonds. The number of carbonyl (C=O) groups is 2. The molecular weight excluding hydrogens is 423 g/mol. The molecule has 0 radical (unpaired) electrons. The lowest BCUT2D eigenvalue weighted by Gasteiger charge is -2.28. The lowest BCUT2D eigenvalue weighted by Crippen LogP contribution is -2.29. The van der Waals surface area contributed by atoms with Gasteiger partial charge in [0.25, 0.3) is 11.1 Å². The van der Waals surface area contributed by atoms with Gasteiger partial charge in [-0.3, -0.25) is 14.5 Å².